The second kappa shape index (κ2) is 9.82. The van der Waals surface area contributed by atoms with E-state index in [4.69, 9.17) is 13.9 Å². The molecule has 0 unspecified atom stereocenters. The maximum atomic E-state index is 12.2. The molecule has 7 heteroatoms. The molecule has 0 fully saturated rings. The first kappa shape index (κ1) is 21.2. The van der Waals surface area contributed by atoms with Crippen LogP contribution in [0.15, 0.2) is 53.1 Å². The van der Waals surface area contributed by atoms with Gasteiger partial charge in [-0.2, -0.15) is 0 Å². The van der Waals surface area contributed by atoms with E-state index in [9.17, 15) is 9.59 Å². The van der Waals surface area contributed by atoms with E-state index in [1.165, 1.54) is 5.56 Å². The number of carbonyl (C=O) groups is 2. The highest BCUT2D eigenvalue weighted by atomic mass is 16.5. The molecule has 2 amide bonds. The topological polar surface area (TPSA) is 89.8 Å². The molecule has 0 spiro atoms. The number of ether oxygens (including phenoxy) is 2. The van der Waals surface area contributed by atoms with Crippen LogP contribution in [0.1, 0.15) is 31.9 Å². The Hall–Kier alpha value is -3.48. The average Bonchev–Trinajstić information content (AvgIpc) is 3.15. The lowest BCUT2D eigenvalue weighted by molar-refractivity contribution is -0.132. The molecule has 0 saturated heterocycles. The first-order chi connectivity index (χ1) is 14.5. The number of hydrazine groups is 1. The smallest absolute Gasteiger partial charge is 0.279 e. The number of hydrogen-bond acceptors (Lipinski definition) is 5. The summed E-state index contributed by atoms with van der Waals surface area (Å²) in [5, 5.41) is 0.890. The zero-order valence-corrected chi connectivity index (χ0v) is 17.4. The zero-order valence-electron chi connectivity index (χ0n) is 17.4. The monoisotopic (exact) mass is 410 g/mol. The molecule has 0 saturated carbocycles. The number of rotatable bonds is 8. The van der Waals surface area contributed by atoms with E-state index in [0.29, 0.717) is 12.4 Å². The zero-order chi connectivity index (χ0) is 21.5. The molecule has 158 valence electrons. The van der Waals surface area contributed by atoms with Crippen molar-refractivity contribution >= 4 is 22.8 Å². The maximum absolute atomic E-state index is 12.2. The Balaban J connectivity index is 1.49. The molecule has 0 radical (unpaired) electrons. The van der Waals surface area contributed by atoms with Crippen LogP contribution in [0.25, 0.3) is 11.0 Å². The average molecular weight is 410 g/mol. The van der Waals surface area contributed by atoms with Gasteiger partial charge in [0.15, 0.2) is 6.10 Å². The van der Waals surface area contributed by atoms with Gasteiger partial charge in [0.05, 0.1) is 19.3 Å². The first-order valence-electron chi connectivity index (χ1n) is 9.97. The lowest BCUT2D eigenvalue weighted by Gasteiger charge is -2.15. The van der Waals surface area contributed by atoms with E-state index in [1.54, 1.807) is 37.5 Å². The molecule has 0 bridgehead atoms. The van der Waals surface area contributed by atoms with Crippen molar-refractivity contribution in [3.63, 3.8) is 0 Å². The quantitative estimate of drug-likeness (QED) is 0.555. The number of furan rings is 1. The number of carbonyl (C=O) groups excluding carboxylic acids is 2. The largest absolute Gasteiger partial charge is 0.494 e. The fourth-order valence-electron chi connectivity index (χ4n) is 2.97. The van der Waals surface area contributed by atoms with Crippen molar-refractivity contribution in [1.29, 1.82) is 0 Å². The molecule has 30 heavy (non-hydrogen) atoms. The Bertz CT molecular complexity index is 1010. The summed E-state index contributed by atoms with van der Waals surface area (Å²) in [6.07, 6.45) is 1.79. The summed E-state index contributed by atoms with van der Waals surface area (Å²) >= 11 is 0. The van der Waals surface area contributed by atoms with Crippen LogP contribution in [0.3, 0.4) is 0 Å². The van der Waals surface area contributed by atoms with Crippen molar-refractivity contribution < 1.29 is 23.5 Å². The van der Waals surface area contributed by atoms with Gasteiger partial charge in [-0.3, -0.25) is 20.4 Å². The molecular formula is C23H26N2O5. The molecule has 3 rings (SSSR count). The molecule has 0 aliphatic heterocycles. The van der Waals surface area contributed by atoms with Crippen molar-refractivity contribution in [3.8, 4) is 11.5 Å². The third-order valence-electron chi connectivity index (χ3n) is 4.62. The van der Waals surface area contributed by atoms with E-state index < -0.39 is 12.0 Å². The fourth-order valence-corrected chi connectivity index (χ4v) is 2.97. The highest BCUT2D eigenvalue weighted by molar-refractivity contribution is 5.89. The second-order valence-electron chi connectivity index (χ2n) is 6.82. The molecule has 0 aliphatic rings. The van der Waals surface area contributed by atoms with Crippen LogP contribution in [-0.4, -0.2) is 24.5 Å². The number of nitrogens with one attached hydrogen (secondary N) is 2. The van der Waals surface area contributed by atoms with E-state index in [1.807, 2.05) is 25.1 Å². The highest BCUT2D eigenvalue weighted by Crippen LogP contribution is 2.23. The molecule has 0 aliphatic carbocycles. The van der Waals surface area contributed by atoms with E-state index >= 15 is 0 Å². The van der Waals surface area contributed by atoms with E-state index in [0.717, 1.165) is 28.7 Å². The Kier molecular flexibility index (Phi) is 6.95. The number of amides is 2. The predicted octanol–water partition coefficient (Wildman–Crippen LogP) is 3.55. The minimum atomic E-state index is -0.787. The number of hydrogen-bond donors (Lipinski definition) is 2. The highest BCUT2D eigenvalue weighted by Gasteiger charge is 2.16. The van der Waals surface area contributed by atoms with Crippen LogP contribution in [0.2, 0.25) is 0 Å². The summed E-state index contributed by atoms with van der Waals surface area (Å²) < 4.78 is 16.5. The van der Waals surface area contributed by atoms with Crippen molar-refractivity contribution in [2.45, 2.75) is 39.7 Å². The van der Waals surface area contributed by atoms with Crippen molar-refractivity contribution in [2.75, 3.05) is 6.61 Å². The summed E-state index contributed by atoms with van der Waals surface area (Å²) in [6.45, 7) is 6.16. The fraction of sp³-hybridized carbons (Fsp3) is 0.304. The van der Waals surface area contributed by atoms with Gasteiger partial charge in [-0.1, -0.05) is 19.1 Å². The van der Waals surface area contributed by atoms with Crippen LogP contribution in [-0.2, 0) is 22.4 Å². The van der Waals surface area contributed by atoms with Crippen LogP contribution in [0.5, 0.6) is 11.5 Å². The lowest BCUT2D eigenvalue weighted by atomic mass is 10.1. The third-order valence-corrected chi connectivity index (χ3v) is 4.62. The van der Waals surface area contributed by atoms with Crippen molar-refractivity contribution in [2.24, 2.45) is 0 Å². The molecule has 3 aromatic rings. The van der Waals surface area contributed by atoms with Crippen LogP contribution < -0.4 is 20.3 Å². The molecule has 2 aromatic carbocycles. The SMILES string of the molecule is CCOc1ccc(O[C@@H](C)C(=O)NNC(=O)Cc2coc3cc(CC)ccc23)cc1. The van der Waals surface area contributed by atoms with Gasteiger partial charge in [0.1, 0.15) is 17.1 Å². The number of fused-ring (bicyclic) bond motifs is 1. The van der Waals surface area contributed by atoms with Gasteiger partial charge >= 0.3 is 0 Å². The van der Waals surface area contributed by atoms with Gasteiger partial charge in [0, 0.05) is 10.9 Å². The summed E-state index contributed by atoms with van der Waals surface area (Å²) in [7, 11) is 0. The van der Waals surface area contributed by atoms with Gasteiger partial charge < -0.3 is 13.9 Å². The second-order valence-corrected chi connectivity index (χ2v) is 6.82. The maximum Gasteiger partial charge on any atom is 0.279 e. The van der Waals surface area contributed by atoms with Gasteiger partial charge in [-0.05, 0) is 56.2 Å². The van der Waals surface area contributed by atoms with Crippen LogP contribution in [0.4, 0.5) is 0 Å². The Morgan fingerprint density at radius 1 is 1.03 bits per heavy atom. The summed E-state index contributed by atoms with van der Waals surface area (Å²) in [6, 6.07) is 12.9. The van der Waals surface area contributed by atoms with Crippen molar-refractivity contribution in [1.82, 2.24) is 10.9 Å². The summed E-state index contributed by atoms with van der Waals surface area (Å²) in [5.41, 5.74) is 7.49. The minimum absolute atomic E-state index is 0.0902. The number of aryl methyl sites for hydroxylation is 1. The summed E-state index contributed by atoms with van der Waals surface area (Å²) in [4.78, 5) is 24.5. The van der Waals surface area contributed by atoms with Crippen molar-refractivity contribution in [3.05, 3.63) is 59.9 Å². The van der Waals surface area contributed by atoms with Gasteiger partial charge in [0.25, 0.3) is 5.91 Å². The minimum Gasteiger partial charge on any atom is -0.494 e. The van der Waals surface area contributed by atoms with Crippen LogP contribution >= 0.6 is 0 Å². The molecule has 2 N–H and O–H groups in total. The van der Waals surface area contributed by atoms with Crippen LogP contribution in [0, 0.1) is 0 Å². The molecule has 1 aromatic heterocycles. The Morgan fingerprint density at radius 2 is 1.77 bits per heavy atom. The van der Waals surface area contributed by atoms with Gasteiger partial charge in [-0.25, -0.2) is 0 Å². The third kappa shape index (κ3) is 5.31. The molecule has 1 heterocycles. The predicted molar refractivity (Wildman–Crippen MR) is 113 cm³/mol. The van der Waals surface area contributed by atoms with E-state index in [-0.39, 0.29) is 12.3 Å². The lowest BCUT2D eigenvalue weighted by Crippen LogP contribution is -2.47. The van der Waals surface area contributed by atoms with Gasteiger partial charge in [0.2, 0.25) is 5.91 Å². The van der Waals surface area contributed by atoms with E-state index in [2.05, 4.69) is 17.8 Å². The Labute approximate surface area is 175 Å². The van der Waals surface area contributed by atoms with Gasteiger partial charge in [-0.15, -0.1) is 0 Å². The number of benzene rings is 2. The standard InChI is InChI=1S/C23H26N2O5/c1-4-16-6-11-20-17(14-29-21(20)12-16)13-22(26)24-25-23(27)15(3)30-19-9-7-18(8-10-19)28-5-2/h6-12,14-15H,4-5,13H2,1-3H3,(H,24,26)(H,25,27)/t15-/m0/s1. The summed E-state index contributed by atoms with van der Waals surface area (Å²) in [5.74, 6) is 0.455. The molecule has 7 nitrogen and oxygen atoms in total. The Morgan fingerprint density at radius 3 is 2.47 bits per heavy atom. The molecule has 1 atom stereocenters. The molecular weight excluding hydrogens is 384 g/mol. The first-order valence-corrected chi connectivity index (χ1v) is 9.97. The normalized spacial score (nSPS) is 11.7.